The molecule has 0 fully saturated rings. The van der Waals surface area contributed by atoms with Crippen LogP contribution in [0.15, 0.2) is 39.0 Å². The molecule has 0 aliphatic rings. The number of rotatable bonds is 5. The topological polar surface area (TPSA) is 105 Å². The first-order chi connectivity index (χ1) is 12.3. The summed E-state index contributed by atoms with van der Waals surface area (Å²) in [5.74, 6) is -0.458. The van der Waals surface area contributed by atoms with Crippen LogP contribution >= 0.6 is 23.4 Å². The SMILES string of the molecule is Cn1c(SCC(N)=O)nc2c1c(=O)n(Cc1ccc(Cl)cc1)c(=O)n2C. The molecule has 0 radical (unpaired) electrons. The lowest BCUT2D eigenvalue weighted by Crippen LogP contribution is -2.39. The Morgan fingerprint density at radius 1 is 1.19 bits per heavy atom. The van der Waals surface area contributed by atoms with Crippen molar-refractivity contribution in [2.75, 3.05) is 5.75 Å². The van der Waals surface area contributed by atoms with Crippen molar-refractivity contribution in [3.63, 3.8) is 0 Å². The molecule has 0 saturated heterocycles. The van der Waals surface area contributed by atoms with Crippen LogP contribution in [0.1, 0.15) is 5.56 Å². The van der Waals surface area contributed by atoms with Gasteiger partial charge in [0.25, 0.3) is 5.56 Å². The summed E-state index contributed by atoms with van der Waals surface area (Å²) in [6.45, 7) is 0.119. The van der Waals surface area contributed by atoms with E-state index in [2.05, 4.69) is 4.98 Å². The summed E-state index contributed by atoms with van der Waals surface area (Å²) < 4.78 is 4.04. The molecule has 0 atom stereocenters. The van der Waals surface area contributed by atoms with Crippen LogP contribution in [-0.4, -0.2) is 30.3 Å². The zero-order valence-corrected chi connectivity index (χ0v) is 15.7. The second-order valence-corrected chi connectivity index (χ2v) is 7.12. The van der Waals surface area contributed by atoms with E-state index >= 15 is 0 Å². The summed E-state index contributed by atoms with van der Waals surface area (Å²) in [7, 11) is 3.22. The first-order valence-electron chi connectivity index (χ1n) is 7.61. The smallest absolute Gasteiger partial charge is 0.332 e. The maximum Gasteiger partial charge on any atom is 0.332 e. The lowest BCUT2D eigenvalue weighted by molar-refractivity contribution is -0.115. The van der Waals surface area contributed by atoms with Crippen LogP contribution in [0.2, 0.25) is 5.02 Å². The van der Waals surface area contributed by atoms with E-state index in [1.165, 1.54) is 4.57 Å². The number of imidazole rings is 1. The first kappa shape index (κ1) is 18.3. The fourth-order valence-electron chi connectivity index (χ4n) is 2.60. The van der Waals surface area contributed by atoms with Gasteiger partial charge in [0.2, 0.25) is 5.91 Å². The van der Waals surface area contributed by atoms with Crippen molar-refractivity contribution in [3.8, 4) is 0 Å². The van der Waals surface area contributed by atoms with E-state index in [4.69, 9.17) is 17.3 Å². The molecule has 3 aromatic rings. The molecule has 136 valence electrons. The van der Waals surface area contributed by atoms with Gasteiger partial charge in [0.1, 0.15) is 0 Å². The zero-order chi connectivity index (χ0) is 19.0. The number of nitrogens with zero attached hydrogens (tertiary/aromatic N) is 4. The van der Waals surface area contributed by atoms with Crippen LogP contribution in [0.25, 0.3) is 11.2 Å². The highest BCUT2D eigenvalue weighted by molar-refractivity contribution is 7.99. The van der Waals surface area contributed by atoms with Crippen molar-refractivity contribution < 1.29 is 4.79 Å². The van der Waals surface area contributed by atoms with Crippen LogP contribution in [0.4, 0.5) is 0 Å². The van der Waals surface area contributed by atoms with Crippen LogP contribution in [0.3, 0.4) is 0 Å². The second-order valence-electron chi connectivity index (χ2n) is 5.74. The number of aryl methyl sites for hydroxylation is 2. The average Bonchev–Trinajstić information content (AvgIpc) is 2.93. The second kappa shape index (κ2) is 7.00. The highest BCUT2D eigenvalue weighted by Gasteiger charge is 2.19. The average molecular weight is 394 g/mol. The number of fused-ring (bicyclic) bond motifs is 1. The Morgan fingerprint density at radius 2 is 1.85 bits per heavy atom. The Hall–Kier alpha value is -2.52. The monoisotopic (exact) mass is 393 g/mol. The van der Waals surface area contributed by atoms with Crippen molar-refractivity contribution >= 4 is 40.4 Å². The molecular weight excluding hydrogens is 378 g/mol. The van der Waals surface area contributed by atoms with Gasteiger partial charge in [-0.25, -0.2) is 9.78 Å². The normalized spacial score (nSPS) is 11.2. The number of hydrogen-bond acceptors (Lipinski definition) is 5. The number of carbonyl (C=O) groups is 1. The summed E-state index contributed by atoms with van der Waals surface area (Å²) >= 11 is 6.99. The van der Waals surface area contributed by atoms with Crippen molar-refractivity contribution in [1.29, 1.82) is 0 Å². The summed E-state index contributed by atoms with van der Waals surface area (Å²) in [4.78, 5) is 40.9. The number of primary amides is 1. The molecule has 10 heteroatoms. The number of amides is 1. The Kier molecular flexibility index (Phi) is 4.92. The van der Waals surface area contributed by atoms with Gasteiger partial charge in [-0.1, -0.05) is 35.5 Å². The van der Waals surface area contributed by atoms with Gasteiger partial charge < -0.3 is 10.3 Å². The molecule has 1 amide bonds. The molecule has 0 spiro atoms. The van der Waals surface area contributed by atoms with Gasteiger partial charge >= 0.3 is 5.69 Å². The first-order valence-corrected chi connectivity index (χ1v) is 8.97. The molecule has 0 saturated carbocycles. The van der Waals surface area contributed by atoms with Gasteiger partial charge in [-0.15, -0.1) is 0 Å². The van der Waals surface area contributed by atoms with E-state index in [-0.39, 0.29) is 23.5 Å². The highest BCUT2D eigenvalue weighted by Crippen LogP contribution is 2.19. The van der Waals surface area contributed by atoms with Crippen LogP contribution in [0, 0.1) is 0 Å². The van der Waals surface area contributed by atoms with E-state index in [0.717, 1.165) is 21.9 Å². The number of aromatic nitrogens is 4. The summed E-state index contributed by atoms with van der Waals surface area (Å²) in [5.41, 5.74) is 5.57. The summed E-state index contributed by atoms with van der Waals surface area (Å²) in [5, 5.41) is 1.02. The minimum absolute atomic E-state index is 0.0318. The molecule has 2 aromatic heterocycles. The zero-order valence-electron chi connectivity index (χ0n) is 14.1. The van der Waals surface area contributed by atoms with Gasteiger partial charge in [0.05, 0.1) is 12.3 Å². The fraction of sp³-hybridized carbons (Fsp3) is 0.250. The molecule has 2 heterocycles. The highest BCUT2D eigenvalue weighted by atomic mass is 35.5. The maximum absolute atomic E-state index is 12.9. The van der Waals surface area contributed by atoms with Gasteiger partial charge in [0, 0.05) is 19.1 Å². The third-order valence-electron chi connectivity index (χ3n) is 3.92. The lowest BCUT2D eigenvalue weighted by atomic mass is 10.2. The van der Waals surface area contributed by atoms with Crippen molar-refractivity contribution in [2.45, 2.75) is 11.7 Å². The Balaban J connectivity index is 2.14. The molecule has 2 N–H and O–H groups in total. The van der Waals surface area contributed by atoms with E-state index in [1.807, 2.05) is 0 Å². The summed E-state index contributed by atoms with van der Waals surface area (Å²) in [6, 6.07) is 6.92. The molecule has 0 unspecified atom stereocenters. The number of halogens is 1. The third-order valence-corrected chi connectivity index (χ3v) is 5.22. The predicted octanol–water partition coefficient (Wildman–Crippen LogP) is 0.713. The quantitative estimate of drug-likeness (QED) is 0.643. The van der Waals surface area contributed by atoms with E-state index in [0.29, 0.717) is 10.2 Å². The Bertz CT molecular complexity index is 1110. The minimum atomic E-state index is -0.490. The van der Waals surface area contributed by atoms with Crippen molar-refractivity contribution in [3.05, 3.63) is 55.7 Å². The molecule has 8 nitrogen and oxygen atoms in total. The largest absolute Gasteiger partial charge is 0.369 e. The number of benzene rings is 1. The summed E-state index contributed by atoms with van der Waals surface area (Å²) in [6.07, 6.45) is 0. The van der Waals surface area contributed by atoms with Crippen LogP contribution in [0.5, 0.6) is 0 Å². The molecule has 1 aromatic carbocycles. The lowest BCUT2D eigenvalue weighted by Gasteiger charge is -2.09. The molecule has 0 aliphatic carbocycles. The molecule has 26 heavy (non-hydrogen) atoms. The Morgan fingerprint density at radius 3 is 2.46 bits per heavy atom. The third kappa shape index (κ3) is 3.27. The van der Waals surface area contributed by atoms with Gasteiger partial charge in [-0.2, -0.15) is 0 Å². The van der Waals surface area contributed by atoms with Crippen molar-refractivity contribution in [2.24, 2.45) is 19.8 Å². The molecule has 0 aliphatic heterocycles. The van der Waals surface area contributed by atoms with Gasteiger partial charge in [-0.05, 0) is 17.7 Å². The minimum Gasteiger partial charge on any atom is -0.369 e. The molecular formula is C16H16ClN5O3S. The van der Waals surface area contributed by atoms with Crippen LogP contribution in [-0.2, 0) is 25.4 Å². The predicted molar refractivity (Wildman–Crippen MR) is 101 cm³/mol. The van der Waals surface area contributed by atoms with Gasteiger partial charge in [-0.3, -0.25) is 18.7 Å². The number of nitrogens with two attached hydrogens (primary N) is 1. The van der Waals surface area contributed by atoms with Gasteiger partial charge in [0.15, 0.2) is 16.3 Å². The maximum atomic E-state index is 12.9. The van der Waals surface area contributed by atoms with Crippen molar-refractivity contribution in [1.82, 2.24) is 18.7 Å². The molecule has 3 rings (SSSR count). The standard InChI is InChI=1S/C16H16ClN5O3S/c1-20-12-13(19-15(20)26-8-11(18)23)21(2)16(25)22(14(12)24)7-9-3-5-10(17)6-4-9/h3-6H,7-8H2,1-2H3,(H2,18,23). The Labute approximate surface area is 157 Å². The van der Waals surface area contributed by atoms with Crippen LogP contribution < -0.4 is 17.0 Å². The molecule has 0 bridgehead atoms. The van der Waals surface area contributed by atoms with E-state index in [1.54, 1.807) is 42.9 Å². The van der Waals surface area contributed by atoms with E-state index < -0.39 is 17.2 Å². The van der Waals surface area contributed by atoms with E-state index in [9.17, 15) is 14.4 Å². The number of thioether (sulfide) groups is 1. The fourth-order valence-corrected chi connectivity index (χ4v) is 3.43. The number of hydrogen-bond donors (Lipinski definition) is 1. The number of carbonyl (C=O) groups excluding carboxylic acids is 1.